The molecule has 0 aliphatic carbocycles. The molecule has 100 valence electrons. The zero-order valence-corrected chi connectivity index (χ0v) is 12.9. The summed E-state index contributed by atoms with van der Waals surface area (Å²) >= 11 is 3.57. The van der Waals surface area contributed by atoms with Crippen LogP contribution >= 0.6 is 15.9 Å². The van der Waals surface area contributed by atoms with Gasteiger partial charge in [-0.05, 0) is 37.2 Å². The lowest BCUT2D eigenvalue weighted by molar-refractivity contribution is 0.318. The van der Waals surface area contributed by atoms with Crippen molar-refractivity contribution in [2.45, 2.75) is 20.0 Å². The summed E-state index contributed by atoms with van der Waals surface area (Å²) in [5, 5.41) is 0. The minimum Gasteiger partial charge on any atom is -0.399 e. The summed E-state index contributed by atoms with van der Waals surface area (Å²) in [6.45, 7) is 3.97. The molecule has 0 atom stereocenters. The van der Waals surface area contributed by atoms with E-state index in [-0.39, 0.29) is 0 Å². The fraction of sp³-hybridized carbons (Fsp3) is 0.250. The van der Waals surface area contributed by atoms with Gasteiger partial charge in [0, 0.05) is 23.2 Å². The number of nitrogen functional groups attached to an aromatic ring is 1. The van der Waals surface area contributed by atoms with Crippen LogP contribution in [0.1, 0.15) is 16.7 Å². The number of nitrogens with zero attached hydrogens (tertiary/aromatic N) is 1. The first-order valence-electron chi connectivity index (χ1n) is 6.32. The van der Waals surface area contributed by atoms with Crippen LogP contribution in [0, 0.1) is 6.92 Å². The third kappa shape index (κ3) is 4.08. The van der Waals surface area contributed by atoms with Gasteiger partial charge in [-0.15, -0.1) is 0 Å². The van der Waals surface area contributed by atoms with Gasteiger partial charge < -0.3 is 5.73 Å². The number of halogens is 1. The molecule has 2 aromatic carbocycles. The second kappa shape index (κ2) is 6.22. The van der Waals surface area contributed by atoms with Crippen molar-refractivity contribution in [3.8, 4) is 0 Å². The fourth-order valence-electron chi connectivity index (χ4n) is 2.16. The molecule has 3 heteroatoms. The molecule has 0 heterocycles. The predicted molar refractivity (Wildman–Crippen MR) is 84.9 cm³/mol. The van der Waals surface area contributed by atoms with Crippen LogP contribution in [0.5, 0.6) is 0 Å². The van der Waals surface area contributed by atoms with E-state index in [9.17, 15) is 0 Å². The quantitative estimate of drug-likeness (QED) is 0.864. The van der Waals surface area contributed by atoms with E-state index in [1.165, 1.54) is 16.7 Å². The van der Waals surface area contributed by atoms with Crippen LogP contribution in [0.15, 0.2) is 46.9 Å². The summed E-state index contributed by atoms with van der Waals surface area (Å²) in [5.74, 6) is 0. The van der Waals surface area contributed by atoms with Crippen molar-refractivity contribution in [3.05, 3.63) is 63.6 Å². The van der Waals surface area contributed by atoms with Crippen molar-refractivity contribution in [1.29, 1.82) is 0 Å². The Hall–Kier alpha value is -1.32. The molecule has 2 aromatic rings. The normalized spacial score (nSPS) is 10.9. The maximum absolute atomic E-state index is 5.75. The van der Waals surface area contributed by atoms with E-state index in [0.717, 1.165) is 23.2 Å². The van der Waals surface area contributed by atoms with Crippen LogP contribution in [-0.4, -0.2) is 11.9 Å². The van der Waals surface area contributed by atoms with Crippen LogP contribution in [0.2, 0.25) is 0 Å². The summed E-state index contributed by atoms with van der Waals surface area (Å²) in [7, 11) is 2.13. The molecule has 0 aliphatic rings. The van der Waals surface area contributed by atoms with Crippen LogP contribution in [-0.2, 0) is 13.1 Å². The molecule has 0 bridgehead atoms. The number of hydrogen-bond acceptors (Lipinski definition) is 2. The van der Waals surface area contributed by atoms with Gasteiger partial charge in [0.2, 0.25) is 0 Å². The monoisotopic (exact) mass is 318 g/mol. The third-order valence-electron chi connectivity index (χ3n) is 3.05. The van der Waals surface area contributed by atoms with Crippen LogP contribution in [0.3, 0.4) is 0 Å². The van der Waals surface area contributed by atoms with Crippen molar-refractivity contribution >= 4 is 21.6 Å². The summed E-state index contributed by atoms with van der Waals surface area (Å²) in [5.41, 5.74) is 10.4. The number of anilines is 1. The number of nitrogens with two attached hydrogens (primary N) is 1. The molecule has 0 radical (unpaired) electrons. The van der Waals surface area contributed by atoms with Crippen molar-refractivity contribution in [3.63, 3.8) is 0 Å². The van der Waals surface area contributed by atoms with Gasteiger partial charge >= 0.3 is 0 Å². The molecule has 0 fully saturated rings. The lowest BCUT2D eigenvalue weighted by Gasteiger charge is -2.18. The average molecular weight is 319 g/mol. The Morgan fingerprint density at radius 1 is 1.11 bits per heavy atom. The molecule has 19 heavy (non-hydrogen) atoms. The Labute approximate surface area is 123 Å². The molecule has 0 aromatic heterocycles. The van der Waals surface area contributed by atoms with Gasteiger partial charge in [-0.1, -0.05) is 51.8 Å². The standard InChI is InChI=1S/C16H19BrN2/c1-12-4-3-5-13(8-12)10-19(2)11-14-6-7-15(18)9-16(14)17/h3-9H,10-11,18H2,1-2H3. The topological polar surface area (TPSA) is 29.3 Å². The first kappa shape index (κ1) is 14.1. The Bertz CT molecular complexity index is 566. The van der Waals surface area contributed by atoms with E-state index < -0.39 is 0 Å². The summed E-state index contributed by atoms with van der Waals surface area (Å²) in [6, 6.07) is 14.6. The van der Waals surface area contributed by atoms with Gasteiger partial charge in [0.1, 0.15) is 0 Å². The molecule has 0 spiro atoms. The highest BCUT2D eigenvalue weighted by Crippen LogP contribution is 2.21. The predicted octanol–water partition coefficient (Wildman–Crippen LogP) is 3.97. The van der Waals surface area contributed by atoms with E-state index in [0.29, 0.717) is 0 Å². The number of rotatable bonds is 4. The maximum atomic E-state index is 5.75. The Morgan fingerprint density at radius 3 is 2.58 bits per heavy atom. The third-order valence-corrected chi connectivity index (χ3v) is 3.79. The summed E-state index contributed by atoms with van der Waals surface area (Å²) < 4.78 is 1.07. The van der Waals surface area contributed by atoms with Crippen LogP contribution in [0.4, 0.5) is 5.69 Å². The largest absolute Gasteiger partial charge is 0.399 e. The average Bonchev–Trinajstić information content (AvgIpc) is 2.33. The molecule has 2 rings (SSSR count). The summed E-state index contributed by atoms with van der Waals surface area (Å²) in [4.78, 5) is 2.30. The number of benzene rings is 2. The van der Waals surface area contributed by atoms with Gasteiger partial charge in [0.15, 0.2) is 0 Å². The van der Waals surface area contributed by atoms with E-state index in [2.05, 4.69) is 65.1 Å². The van der Waals surface area contributed by atoms with Crippen LogP contribution in [0.25, 0.3) is 0 Å². The second-order valence-electron chi connectivity index (χ2n) is 5.01. The minimum atomic E-state index is 0.789. The first-order valence-corrected chi connectivity index (χ1v) is 7.12. The molecule has 0 unspecified atom stereocenters. The highest BCUT2D eigenvalue weighted by atomic mass is 79.9. The van der Waals surface area contributed by atoms with Gasteiger partial charge in [-0.2, -0.15) is 0 Å². The molecule has 0 saturated heterocycles. The molecule has 2 N–H and O–H groups in total. The van der Waals surface area contributed by atoms with Crippen molar-refractivity contribution in [2.75, 3.05) is 12.8 Å². The van der Waals surface area contributed by atoms with E-state index in [1.807, 2.05) is 12.1 Å². The fourth-order valence-corrected chi connectivity index (χ4v) is 2.68. The zero-order valence-electron chi connectivity index (χ0n) is 11.4. The second-order valence-corrected chi connectivity index (χ2v) is 5.87. The lowest BCUT2D eigenvalue weighted by Crippen LogP contribution is -2.17. The maximum Gasteiger partial charge on any atom is 0.0325 e. The molecule has 0 saturated carbocycles. The highest BCUT2D eigenvalue weighted by molar-refractivity contribution is 9.10. The number of aryl methyl sites for hydroxylation is 1. The van der Waals surface area contributed by atoms with E-state index >= 15 is 0 Å². The molecule has 2 nitrogen and oxygen atoms in total. The first-order chi connectivity index (χ1) is 9.04. The molecule has 0 amide bonds. The Balaban J connectivity index is 2.03. The lowest BCUT2D eigenvalue weighted by atomic mass is 10.1. The molecular weight excluding hydrogens is 300 g/mol. The highest BCUT2D eigenvalue weighted by Gasteiger charge is 2.05. The van der Waals surface area contributed by atoms with E-state index in [4.69, 9.17) is 5.73 Å². The Morgan fingerprint density at radius 2 is 1.89 bits per heavy atom. The zero-order chi connectivity index (χ0) is 13.8. The SMILES string of the molecule is Cc1cccc(CN(C)Cc2ccc(N)cc2Br)c1. The van der Waals surface area contributed by atoms with Crippen LogP contribution < -0.4 is 5.73 Å². The van der Waals surface area contributed by atoms with Gasteiger partial charge in [-0.3, -0.25) is 4.90 Å². The summed E-state index contributed by atoms with van der Waals surface area (Å²) in [6.07, 6.45) is 0. The van der Waals surface area contributed by atoms with Gasteiger partial charge in [0.05, 0.1) is 0 Å². The smallest absolute Gasteiger partial charge is 0.0325 e. The van der Waals surface area contributed by atoms with Crippen molar-refractivity contribution in [1.82, 2.24) is 4.90 Å². The number of hydrogen-bond donors (Lipinski definition) is 1. The van der Waals surface area contributed by atoms with Gasteiger partial charge in [-0.25, -0.2) is 0 Å². The minimum absolute atomic E-state index is 0.789. The molecular formula is C16H19BrN2. The Kier molecular flexibility index (Phi) is 4.61. The van der Waals surface area contributed by atoms with Crippen molar-refractivity contribution in [2.24, 2.45) is 0 Å². The van der Waals surface area contributed by atoms with Gasteiger partial charge in [0.25, 0.3) is 0 Å². The van der Waals surface area contributed by atoms with E-state index in [1.54, 1.807) is 0 Å². The molecule has 0 aliphatic heterocycles. The van der Waals surface area contributed by atoms with Crippen molar-refractivity contribution < 1.29 is 0 Å².